The van der Waals surface area contributed by atoms with E-state index < -0.39 is 0 Å². The van der Waals surface area contributed by atoms with E-state index in [1.165, 1.54) is 4.68 Å². The number of benzene rings is 2. The minimum absolute atomic E-state index is 0.168. The molecule has 0 radical (unpaired) electrons. The van der Waals surface area contributed by atoms with Crippen LogP contribution in [-0.4, -0.2) is 29.9 Å². The Hall–Kier alpha value is -3.35. The van der Waals surface area contributed by atoms with Gasteiger partial charge in [-0.05, 0) is 30.2 Å². The van der Waals surface area contributed by atoms with Crippen molar-refractivity contribution in [3.63, 3.8) is 0 Å². The molecule has 2 aromatic carbocycles. The Morgan fingerprint density at radius 2 is 1.77 bits per heavy atom. The smallest absolute Gasteiger partial charge is 0.274 e. The lowest BCUT2D eigenvalue weighted by molar-refractivity contribution is 0.0945. The summed E-state index contributed by atoms with van der Waals surface area (Å²) in [4.78, 5) is 25.7. The Morgan fingerprint density at radius 1 is 1.03 bits per heavy atom. The van der Waals surface area contributed by atoms with Crippen LogP contribution in [0.5, 0.6) is 11.5 Å². The van der Waals surface area contributed by atoms with Gasteiger partial charge in [-0.2, -0.15) is 5.10 Å². The van der Waals surface area contributed by atoms with E-state index in [4.69, 9.17) is 9.47 Å². The van der Waals surface area contributed by atoms with Gasteiger partial charge in [-0.3, -0.25) is 9.59 Å². The zero-order valence-corrected chi connectivity index (χ0v) is 17.6. The topological polar surface area (TPSA) is 82.5 Å². The molecule has 7 nitrogen and oxygen atoms in total. The molecule has 0 bridgehead atoms. The second-order valence-corrected chi connectivity index (χ2v) is 7.00. The lowest BCUT2D eigenvalue weighted by Gasteiger charge is -2.12. The Balaban J connectivity index is 1.87. The van der Waals surface area contributed by atoms with Crippen LogP contribution in [0, 0.1) is 0 Å². The molecule has 0 saturated carbocycles. The number of hydrogen-bond acceptors (Lipinski definition) is 5. The number of carbonyl (C=O) groups excluding carboxylic acids is 1. The van der Waals surface area contributed by atoms with Crippen molar-refractivity contribution in [1.82, 2.24) is 15.1 Å². The molecule has 30 heavy (non-hydrogen) atoms. The molecule has 0 aliphatic rings. The molecule has 0 atom stereocenters. The van der Waals surface area contributed by atoms with Crippen molar-refractivity contribution in [1.29, 1.82) is 0 Å². The van der Waals surface area contributed by atoms with Crippen LogP contribution >= 0.6 is 0 Å². The summed E-state index contributed by atoms with van der Waals surface area (Å²) >= 11 is 0. The number of rotatable bonds is 9. The van der Waals surface area contributed by atoms with E-state index in [-0.39, 0.29) is 17.2 Å². The van der Waals surface area contributed by atoms with Gasteiger partial charge in [0, 0.05) is 18.5 Å². The van der Waals surface area contributed by atoms with Crippen LogP contribution in [0.4, 0.5) is 0 Å². The summed E-state index contributed by atoms with van der Waals surface area (Å²) in [5.74, 6) is 0.891. The maximum atomic E-state index is 13.0. The molecule has 0 aliphatic carbocycles. The molecule has 1 heterocycles. The third-order valence-electron chi connectivity index (χ3n) is 4.96. The first kappa shape index (κ1) is 21.4. The average Bonchev–Trinajstić information content (AvgIpc) is 2.78. The molecule has 0 aliphatic heterocycles. The first-order valence-electron chi connectivity index (χ1n) is 10.1. The van der Waals surface area contributed by atoms with Gasteiger partial charge in [-0.1, -0.05) is 44.0 Å². The minimum Gasteiger partial charge on any atom is -0.493 e. The fourth-order valence-corrected chi connectivity index (χ4v) is 3.32. The second kappa shape index (κ2) is 9.91. The van der Waals surface area contributed by atoms with E-state index in [0.29, 0.717) is 35.4 Å². The van der Waals surface area contributed by atoms with E-state index >= 15 is 0 Å². The molecule has 0 unspecified atom stereocenters. The van der Waals surface area contributed by atoms with Crippen molar-refractivity contribution in [3.8, 4) is 11.5 Å². The predicted molar refractivity (Wildman–Crippen MR) is 116 cm³/mol. The predicted octanol–water partition coefficient (Wildman–Crippen LogP) is 3.53. The Bertz CT molecular complexity index is 1090. The number of aromatic nitrogens is 2. The van der Waals surface area contributed by atoms with Crippen molar-refractivity contribution in [3.05, 3.63) is 64.1 Å². The van der Waals surface area contributed by atoms with E-state index in [0.717, 1.165) is 24.8 Å². The third kappa shape index (κ3) is 4.62. The van der Waals surface area contributed by atoms with Crippen LogP contribution in [0.3, 0.4) is 0 Å². The number of nitrogens with zero attached hydrogens (tertiary/aromatic N) is 2. The van der Waals surface area contributed by atoms with Crippen molar-refractivity contribution >= 4 is 16.7 Å². The largest absolute Gasteiger partial charge is 0.493 e. The van der Waals surface area contributed by atoms with Crippen LogP contribution in [0.1, 0.15) is 42.2 Å². The highest BCUT2D eigenvalue weighted by Crippen LogP contribution is 2.27. The molecule has 3 aromatic rings. The quantitative estimate of drug-likeness (QED) is 0.547. The van der Waals surface area contributed by atoms with Gasteiger partial charge in [0.15, 0.2) is 17.2 Å². The summed E-state index contributed by atoms with van der Waals surface area (Å²) in [7, 11) is 3.14. The SMILES string of the molecule is CCCCCn1nc(C(=O)NCc2ccc(OC)c(OC)c2)c2ccccc2c1=O. The Kier molecular flexibility index (Phi) is 7.06. The fraction of sp³-hybridized carbons (Fsp3) is 0.348. The van der Waals surface area contributed by atoms with Gasteiger partial charge >= 0.3 is 0 Å². The molecule has 7 heteroatoms. The highest BCUT2D eigenvalue weighted by Gasteiger charge is 2.16. The van der Waals surface area contributed by atoms with Crippen LogP contribution in [0.15, 0.2) is 47.3 Å². The van der Waals surface area contributed by atoms with Gasteiger partial charge in [0.2, 0.25) is 0 Å². The van der Waals surface area contributed by atoms with Gasteiger partial charge in [-0.25, -0.2) is 4.68 Å². The van der Waals surface area contributed by atoms with Crippen molar-refractivity contribution in [2.75, 3.05) is 14.2 Å². The van der Waals surface area contributed by atoms with E-state index in [1.807, 2.05) is 12.1 Å². The summed E-state index contributed by atoms with van der Waals surface area (Å²) in [6, 6.07) is 12.6. The van der Waals surface area contributed by atoms with Crippen molar-refractivity contribution in [2.24, 2.45) is 0 Å². The highest BCUT2D eigenvalue weighted by molar-refractivity contribution is 6.04. The molecular weight excluding hydrogens is 382 g/mol. The maximum absolute atomic E-state index is 13.0. The number of carbonyl (C=O) groups is 1. The molecular formula is C23H27N3O4. The number of hydrogen-bond donors (Lipinski definition) is 1. The zero-order valence-electron chi connectivity index (χ0n) is 17.6. The Labute approximate surface area is 175 Å². The number of fused-ring (bicyclic) bond motifs is 1. The van der Waals surface area contributed by atoms with E-state index in [2.05, 4.69) is 17.3 Å². The van der Waals surface area contributed by atoms with Gasteiger partial charge in [0.05, 0.1) is 19.6 Å². The van der Waals surface area contributed by atoms with Gasteiger partial charge in [-0.15, -0.1) is 0 Å². The van der Waals surface area contributed by atoms with E-state index in [9.17, 15) is 9.59 Å². The minimum atomic E-state index is -0.328. The Morgan fingerprint density at radius 3 is 2.47 bits per heavy atom. The first-order valence-corrected chi connectivity index (χ1v) is 10.1. The number of amides is 1. The summed E-state index contributed by atoms with van der Waals surface area (Å²) in [6.45, 7) is 2.89. The normalized spacial score (nSPS) is 10.8. The van der Waals surface area contributed by atoms with Crippen molar-refractivity contribution in [2.45, 2.75) is 39.3 Å². The lowest BCUT2D eigenvalue weighted by atomic mass is 10.1. The number of aryl methyl sites for hydroxylation is 1. The van der Waals surface area contributed by atoms with Gasteiger partial charge < -0.3 is 14.8 Å². The molecule has 1 aromatic heterocycles. The summed E-state index contributed by atoms with van der Waals surface area (Å²) in [5, 5.41) is 8.34. The van der Waals surface area contributed by atoms with Gasteiger partial charge in [0.1, 0.15) is 0 Å². The fourth-order valence-electron chi connectivity index (χ4n) is 3.32. The number of nitrogens with one attached hydrogen (secondary N) is 1. The molecule has 3 rings (SSSR count). The van der Waals surface area contributed by atoms with Crippen LogP contribution in [0.25, 0.3) is 10.8 Å². The molecule has 0 spiro atoms. The number of ether oxygens (including phenoxy) is 2. The highest BCUT2D eigenvalue weighted by atomic mass is 16.5. The number of unbranched alkanes of at least 4 members (excludes halogenated alkanes) is 2. The molecule has 0 saturated heterocycles. The molecule has 158 valence electrons. The first-order chi connectivity index (χ1) is 14.6. The summed E-state index contributed by atoms with van der Waals surface area (Å²) < 4.78 is 12.0. The molecule has 0 fully saturated rings. The summed E-state index contributed by atoms with van der Waals surface area (Å²) in [6.07, 6.45) is 2.89. The van der Waals surface area contributed by atoms with E-state index in [1.54, 1.807) is 44.6 Å². The van der Waals surface area contributed by atoms with Gasteiger partial charge in [0.25, 0.3) is 11.5 Å². The monoisotopic (exact) mass is 409 g/mol. The zero-order chi connectivity index (χ0) is 21.5. The molecule has 1 N–H and O–H groups in total. The number of methoxy groups -OCH3 is 2. The lowest BCUT2D eigenvalue weighted by Crippen LogP contribution is -2.30. The third-order valence-corrected chi connectivity index (χ3v) is 4.96. The molecule has 1 amide bonds. The van der Waals surface area contributed by atoms with Crippen LogP contribution in [-0.2, 0) is 13.1 Å². The van der Waals surface area contributed by atoms with Crippen molar-refractivity contribution < 1.29 is 14.3 Å². The van der Waals surface area contributed by atoms with Crippen LogP contribution in [0.2, 0.25) is 0 Å². The standard InChI is InChI=1S/C23H27N3O4/c1-4-5-8-13-26-23(28)18-10-7-6-9-17(18)21(25-26)22(27)24-15-16-11-12-19(29-2)20(14-16)30-3/h6-7,9-12,14H,4-5,8,13,15H2,1-3H3,(H,24,27). The summed E-state index contributed by atoms with van der Waals surface area (Å²) in [5.41, 5.74) is 0.946. The maximum Gasteiger partial charge on any atom is 0.274 e. The van der Waals surface area contributed by atoms with Crippen LogP contribution < -0.4 is 20.3 Å². The second-order valence-electron chi connectivity index (χ2n) is 7.00. The average molecular weight is 409 g/mol.